The lowest BCUT2D eigenvalue weighted by Gasteiger charge is -2.32. The summed E-state index contributed by atoms with van der Waals surface area (Å²) in [5.41, 5.74) is 5.89. The molecule has 0 amide bonds. The van der Waals surface area contributed by atoms with Crippen LogP contribution in [0.2, 0.25) is 0 Å². The van der Waals surface area contributed by atoms with E-state index < -0.39 is 0 Å². The third-order valence-electron chi connectivity index (χ3n) is 2.94. The fraction of sp³-hybridized carbons (Fsp3) is 1.00. The molecule has 1 aliphatic rings. The van der Waals surface area contributed by atoms with E-state index >= 15 is 0 Å². The van der Waals surface area contributed by atoms with Gasteiger partial charge in [-0.15, -0.1) is 0 Å². The molecule has 0 spiro atoms. The van der Waals surface area contributed by atoms with Gasteiger partial charge in [0.2, 0.25) is 0 Å². The molecule has 3 N–H and O–H groups in total. The molecule has 1 fully saturated rings. The lowest BCUT2D eigenvalue weighted by Crippen LogP contribution is -2.37. The molecule has 1 saturated heterocycles. The lowest BCUT2D eigenvalue weighted by atomic mass is 9.81. The Balaban J connectivity index is 2.41. The summed E-state index contributed by atoms with van der Waals surface area (Å²) in [5.74, 6) is 0.978. The highest BCUT2D eigenvalue weighted by Gasteiger charge is 2.26. The number of aliphatic hydroxyl groups excluding tert-OH is 1. The predicted octanol–water partition coefficient (Wildman–Crippen LogP) is 0.759. The van der Waals surface area contributed by atoms with Gasteiger partial charge in [-0.2, -0.15) is 0 Å². The molecule has 3 nitrogen and oxygen atoms in total. The summed E-state index contributed by atoms with van der Waals surface area (Å²) >= 11 is 0. The second-order valence-corrected chi connectivity index (χ2v) is 4.01. The largest absolute Gasteiger partial charge is 0.396 e. The van der Waals surface area contributed by atoms with Crippen molar-refractivity contribution in [3.05, 3.63) is 0 Å². The van der Waals surface area contributed by atoms with Gasteiger partial charge in [0, 0.05) is 25.9 Å². The molecule has 0 radical (unpaired) electrons. The van der Waals surface area contributed by atoms with E-state index in [-0.39, 0.29) is 12.6 Å². The van der Waals surface area contributed by atoms with Crippen LogP contribution in [0.5, 0.6) is 0 Å². The standard InChI is InChI=1S/C10H21NO2/c1-8(11)10(4-5-12)9-3-2-6-13-7-9/h8-10,12H,2-7,11H2,1H3. The minimum atomic E-state index is 0.166. The zero-order chi connectivity index (χ0) is 9.68. The topological polar surface area (TPSA) is 55.5 Å². The van der Waals surface area contributed by atoms with E-state index in [1.807, 2.05) is 6.92 Å². The summed E-state index contributed by atoms with van der Waals surface area (Å²) < 4.78 is 5.42. The Morgan fingerprint density at radius 3 is 2.85 bits per heavy atom. The first-order valence-corrected chi connectivity index (χ1v) is 5.20. The molecule has 3 atom stereocenters. The van der Waals surface area contributed by atoms with Crippen LogP contribution in [0.1, 0.15) is 26.2 Å². The van der Waals surface area contributed by atoms with Crippen molar-refractivity contribution in [1.82, 2.24) is 0 Å². The van der Waals surface area contributed by atoms with Gasteiger partial charge in [0.15, 0.2) is 0 Å². The fourth-order valence-electron chi connectivity index (χ4n) is 2.18. The van der Waals surface area contributed by atoms with Gasteiger partial charge in [0.05, 0.1) is 0 Å². The lowest BCUT2D eigenvalue weighted by molar-refractivity contribution is 0.0202. The number of hydrogen-bond acceptors (Lipinski definition) is 3. The van der Waals surface area contributed by atoms with E-state index in [1.54, 1.807) is 0 Å². The first kappa shape index (κ1) is 11.0. The van der Waals surface area contributed by atoms with Crippen LogP contribution in [0, 0.1) is 11.8 Å². The molecular weight excluding hydrogens is 166 g/mol. The van der Waals surface area contributed by atoms with Crippen LogP contribution in [-0.2, 0) is 4.74 Å². The summed E-state index contributed by atoms with van der Waals surface area (Å²) in [7, 11) is 0. The zero-order valence-corrected chi connectivity index (χ0v) is 8.41. The number of ether oxygens (including phenoxy) is 1. The summed E-state index contributed by atoms with van der Waals surface area (Å²) in [6.07, 6.45) is 3.15. The van der Waals surface area contributed by atoms with Crippen LogP contribution in [0.3, 0.4) is 0 Å². The van der Waals surface area contributed by atoms with Crippen LogP contribution in [0.4, 0.5) is 0 Å². The third-order valence-corrected chi connectivity index (χ3v) is 2.94. The summed E-state index contributed by atoms with van der Waals surface area (Å²) in [4.78, 5) is 0. The number of rotatable bonds is 4. The first-order chi connectivity index (χ1) is 6.25. The zero-order valence-electron chi connectivity index (χ0n) is 8.41. The minimum Gasteiger partial charge on any atom is -0.396 e. The predicted molar refractivity (Wildman–Crippen MR) is 52.4 cm³/mol. The van der Waals surface area contributed by atoms with Gasteiger partial charge in [0.25, 0.3) is 0 Å². The van der Waals surface area contributed by atoms with Crippen LogP contribution < -0.4 is 5.73 Å². The van der Waals surface area contributed by atoms with E-state index in [4.69, 9.17) is 15.6 Å². The Morgan fingerprint density at radius 1 is 1.62 bits per heavy atom. The Labute approximate surface area is 80.3 Å². The Bertz CT molecular complexity index is 133. The first-order valence-electron chi connectivity index (χ1n) is 5.20. The molecule has 1 heterocycles. The van der Waals surface area contributed by atoms with Crippen LogP contribution >= 0.6 is 0 Å². The van der Waals surface area contributed by atoms with Crippen molar-refractivity contribution in [2.45, 2.75) is 32.2 Å². The van der Waals surface area contributed by atoms with E-state index in [0.717, 1.165) is 26.1 Å². The van der Waals surface area contributed by atoms with Crippen molar-refractivity contribution >= 4 is 0 Å². The van der Waals surface area contributed by atoms with Gasteiger partial charge in [0.1, 0.15) is 0 Å². The minimum absolute atomic E-state index is 0.166. The molecule has 0 aromatic carbocycles. The summed E-state index contributed by atoms with van der Waals surface area (Å²) in [5, 5.41) is 8.92. The molecule has 1 rings (SSSR count). The monoisotopic (exact) mass is 187 g/mol. The second kappa shape index (κ2) is 5.58. The molecule has 0 aliphatic carbocycles. The fourth-order valence-corrected chi connectivity index (χ4v) is 2.18. The summed E-state index contributed by atoms with van der Waals surface area (Å²) in [6, 6.07) is 0.166. The maximum Gasteiger partial charge on any atom is 0.0497 e. The number of aliphatic hydroxyl groups is 1. The Morgan fingerprint density at radius 2 is 2.38 bits per heavy atom. The average molecular weight is 187 g/mol. The van der Waals surface area contributed by atoms with Gasteiger partial charge >= 0.3 is 0 Å². The molecule has 1 aliphatic heterocycles. The van der Waals surface area contributed by atoms with Crippen molar-refractivity contribution in [1.29, 1.82) is 0 Å². The van der Waals surface area contributed by atoms with E-state index in [1.165, 1.54) is 6.42 Å². The smallest absolute Gasteiger partial charge is 0.0497 e. The molecule has 0 aromatic heterocycles. The Kier molecular flexibility index (Phi) is 4.70. The highest BCUT2D eigenvalue weighted by Crippen LogP contribution is 2.26. The maximum absolute atomic E-state index is 8.92. The van der Waals surface area contributed by atoms with E-state index in [0.29, 0.717) is 11.8 Å². The molecular formula is C10H21NO2. The van der Waals surface area contributed by atoms with E-state index in [2.05, 4.69) is 0 Å². The molecule has 78 valence electrons. The molecule has 13 heavy (non-hydrogen) atoms. The molecule has 0 saturated carbocycles. The van der Waals surface area contributed by atoms with Gasteiger partial charge in [-0.25, -0.2) is 0 Å². The van der Waals surface area contributed by atoms with Crippen LogP contribution in [0.15, 0.2) is 0 Å². The molecule has 0 aromatic rings. The number of hydrogen-bond donors (Lipinski definition) is 2. The second-order valence-electron chi connectivity index (χ2n) is 4.01. The normalized spacial score (nSPS) is 28.4. The highest BCUT2D eigenvalue weighted by molar-refractivity contribution is 4.78. The van der Waals surface area contributed by atoms with Crippen molar-refractivity contribution < 1.29 is 9.84 Å². The molecule has 0 bridgehead atoms. The van der Waals surface area contributed by atoms with Gasteiger partial charge in [-0.05, 0) is 38.0 Å². The average Bonchev–Trinajstić information content (AvgIpc) is 2.15. The van der Waals surface area contributed by atoms with Crippen LogP contribution in [-0.4, -0.2) is 31.0 Å². The van der Waals surface area contributed by atoms with Crippen molar-refractivity contribution in [3.8, 4) is 0 Å². The quantitative estimate of drug-likeness (QED) is 0.683. The van der Waals surface area contributed by atoms with Crippen LogP contribution in [0.25, 0.3) is 0 Å². The third kappa shape index (κ3) is 3.25. The number of nitrogens with two attached hydrogens (primary N) is 1. The molecule has 3 unspecified atom stereocenters. The summed E-state index contributed by atoms with van der Waals surface area (Å²) in [6.45, 7) is 3.98. The van der Waals surface area contributed by atoms with Gasteiger partial charge in [-0.1, -0.05) is 0 Å². The van der Waals surface area contributed by atoms with E-state index in [9.17, 15) is 0 Å². The Hall–Kier alpha value is -0.120. The van der Waals surface area contributed by atoms with Crippen molar-refractivity contribution in [3.63, 3.8) is 0 Å². The SMILES string of the molecule is CC(N)C(CCO)C1CCCOC1. The molecule has 3 heteroatoms. The highest BCUT2D eigenvalue weighted by atomic mass is 16.5. The van der Waals surface area contributed by atoms with Crippen molar-refractivity contribution in [2.75, 3.05) is 19.8 Å². The maximum atomic E-state index is 8.92. The van der Waals surface area contributed by atoms with Gasteiger partial charge in [-0.3, -0.25) is 0 Å². The van der Waals surface area contributed by atoms with Gasteiger partial charge < -0.3 is 15.6 Å². The van der Waals surface area contributed by atoms with Crippen molar-refractivity contribution in [2.24, 2.45) is 17.6 Å².